The highest BCUT2D eigenvalue weighted by atomic mass is 79.9. The zero-order valence-corrected chi connectivity index (χ0v) is 13.9. The summed E-state index contributed by atoms with van der Waals surface area (Å²) in [5.74, 6) is 0. The fourth-order valence-electron chi connectivity index (χ4n) is 3.06. The Labute approximate surface area is 134 Å². The van der Waals surface area contributed by atoms with Gasteiger partial charge in [-0.25, -0.2) is 0 Å². The van der Waals surface area contributed by atoms with Gasteiger partial charge in [-0.05, 0) is 37.1 Å². The summed E-state index contributed by atoms with van der Waals surface area (Å²) in [6.45, 7) is 5.06. The van der Waals surface area contributed by atoms with Crippen LogP contribution in [0.5, 0.6) is 0 Å². The van der Waals surface area contributed by atoms with Gasteiger partial charge in [-0.1, -0.05) is 58.4 Å². The first-order chi connectivity index (χ1) is 10.1. The third-order valence-electron chi connectivity index (χ3n) is 4.14. The largest absolute Gasteiger partial charge is 0.370 e. The molecule has 0 bridgehead atoms. The molecule has 2 aromatic rings. The van der Waals surface area contributed by atoms with E-state index in [0.29, 0.717) is 6.61 Å². The van der Waals surface area contributed by atoms with Gasteiger partial charge in [0.1, 0.15) is 0 Å². The SMILES string of the molecule is CC1NC(C)(c2ccccc2)COC1c1cccc(Br)c1. The number of morpholine rings is 1. The lowest BCUT2D eigenvalue weighted by Gasteiger charge is -2.43. The monoisotopic (exact) mass is 345 g/mol. The molecule has 0 spiro atoms. The first-order valence-electron chi connectivity index (χ1n) is 7.29. The van der Waals surface area contributed by atoms with Crippen molar-refractivity contribution in [1.82, 2.24) is 5.32 Å². The molecular weight excluding hydrogens is 326 g/mol. The Balaban J connectivity index is 1.81. The molecule has 1 N–H and O–H groups in total. The summed E-state index contributed by atoms with van der Waals surface area (Å²) in [4.78, 5) is 0. The molecule has 1 aliphatic rings. The molecule has 1 heterocycles. The number of benzene rings is 2. The molecule has 3 heteroatoms. The Hall–Kier alpha value is -1.16. The second-order valence-corrected chi connectivity index (χ2v) is 6.83. The van der Waals surface area contributed by atoms with E-state index in [-0.39, 0.29) is 17.7 Å². The average molecular weight is 346 g/mol. The van der Waals surface area contributed by atoms with Crippen LogP contribution in [-0.2, 0) is 10.3 Å². The Morgan fingerprint density at radius 1 is 1.14 bits per heavy atom. The minimum absolute atomic E-state index is 0.0827. The van der Waals surface area contributed by atoms with E-state index in [1.54, 1.807) is 0 Å². The van der Waals surface area contributed by atoms with Crippen molar-refractivity contribution in [2.75, 3.05) is 6.61 Å². The maximum Gasteiger partial charge on any atom is 0.0976 e. The van der Waals surface area contributed by atoms with E-state index >= 15 is 0 Å². The molecule has 1 aliphatic heterocycles. The third kappa shape index (κ3) is 3.05. The molecule has 0 aliphatic carbocycles. The zero-order valence-electron chi connectivity index (χ0n) is 12.3. The van der Waals surface area contributed by atoms with Crippen molar-refractivity contribution in [2.24, 2.45) is 0 Å². The van der Waals surface area contributed by atoms with Crippen molar-refractivity contribution in [3.8, 4) is 0 Å². The van der Waals surface area contributed by atoms with Crippen LogP contribution in [0.3, 0.4) is 0 Å². The highest BCUT2D eigenvalue weighted by Crippen LogP contribution is 2.34. The normalized spacial score (nSPS) is 29.3. The summed E-state index contributed by atoms with van der Waals surface area (Å²) in [6.07, 6.45) is 0.0827. The smallest absolute Gasteiger partial charge is 0.0976 e. The first-order valence-corrected chi connectivity index (χ1v) is 8.08. The second-order valence-electron chi connectivity index (χ2n) is 5.92. The van der Waals surface area contributed by atoms with Gasteiger partial charge in [0.2, 0.25) is 0 Å². The van der Waals surface area contributed by atoms with Gasteiger partial charge in [0, 0.05) is 10.5 Å². The molecule has 21 heavy (non-hydrogen) atoms. The number of hydrogen-bond acceptors (Lipinski definition) is 2. The number of ether oxygens (including phenoxy) is 1. The van der Waals surface area contributed by atoms with E-state index in [4.69, 9.17) is 4.74 Å². The van der Waals surface area contributed by atoms with Crippen molar-refractivity contribution < 1.29 is 4.74 Å². The lowest BCUT2D eigenvalue weighted by molar-refractivity contribution is -0.0573. The molecule has 0 aromatic heterocycles. The summed E-state index contributed by atoms with van der Waals surface area (Å²) < 4.78 is 7.31. The minimum Gasteiger partial charge on any atom is -0.370 e. The van der Waals surface area contributed by atoms with Crippen molar-refractivity contribution in [3.63, 3.8) is 0 Å². The molecule has 110 valence electrons. The van der Waals surface area contributed by atoms with Gasteiger partial charge in [0.15, 0.2) is 0 Å². The molecule has 1 saturated heterocycles. The Kier molecular flexibility index (Phi) is 4.16. The molecular formula is C18H20BrNO. The van der Waals surface area contributed by atoms with Crippen LogP contribution in [-0.4, -0.2) is 12.6 Å². The maximum atomic E-state index is 6.22. The Morgan fingerprint density at radius 3 is 2.57 bits per heavy atom. The zero-order chi connectivity index (χ0) is 14.9. The standard InChI is InChI=1S/C18H20BrNO/c1-13-17(14-7-6-10-16(19)11-14)21-12-18(2,20-13)15-8-4-3-5-9-15/h3-11,13,17,20H,12H2,1-2H3. The molecule has 1 fully saturated rings. The number of hydrogen-bond donors (Lipinski definition) is 1. The molecule has 2 aromatic carbocycles. The van der Waals surface area contributed by atoms with Crippen LogP contribution in [0.4, 0.5) is 0 Å². The molecule has 3 atom stereocenters. The topological polar surface area (TPSA) is 21.3 Å². The molecule has 0 amide bonds. The van der Waals surface area contributed by atoms with E-state index in [1.165, 1.54) is 11.1 Å². The highest BCUT2D eigenvalue weighted by Gasteiger charge is 2.37. The number of nitrogens with one attached hydrogen (secondary N) is 1. The van der Waals surface area contributed by atoms with Gasteiger partial charge in [0.25, 0.3) is 0 Å². The molecule has 2 nitrogen and oxygen atoms in total. The average Bonchev–Trinajstić information content (AvgIpc) is 2.48. The first kappa shape index (κ1) is 14.8. The maximum absolute atomic E-state index is 6.22. The van der Waals surface area contributed by atoms with Crippen molar-refractivity contribution in [1.29, 1.82) is 0 Å². The van der Waals surface area contributed by atoms with Crippen molar-refractivity contribution in [3.05, 3.63) is 70.2 Å². The summed E-state index contributed by atoms with van der Waals surface area (Å²) in [5, 5.41) is 3.74. The fourth-order valence-corrected chi connectivity index (χ4v) is 3.48. The molecule has 0 radical (unpaired) electrons. The van der Waals surface area contributed by atoms with Crippen LogP contribution in [0.1, 0.15) is 31.1 Å². The number of halogens is 1. The quantitative estimate of drug-likeness (QED) is 0.870. The molecule has 3 rings (SSSR count). The van der Waals surface area contributed by atoms with Crippen LogP contribution in [0, 0.1) is 0 Å². The van der Waals surface area contributed by atoms with Gasteiger partial charge in [-0.15, -0.1) is 0 Å². The van der Waals surface area contributed by atoms with E-state index in [9.17, 15) is 0 Å². The van der Waals surface area contributed by atoms with Crippen LogP contribution in [0.25, 0.3) is 0 Å². The van der Waals surface area contributed by atoms with Crippen LogP contribution in [0.2, 0.25) is 0 Å². The second kappa shape index (κ2) is 5.91. The van der Waals surface area contributed by atoms with Gasteiger partial charge < -0.3 is 10.1 Å². The highest BCUT2D eigenvalue weighted by molar-refractivity contribution is 9.10. The minimum atomic E-state index is -0.136. The fraction of sp³-hybridized carbons (Fsp3) is 0.333. The lowest BCUT2D eigenvalue weighted by Crippen LogP contribution is -2.55. The van der Waals surface area contributed by atoms with Gasteiger partial charge in [0.05, 0.1) is 18.2 Å². The van der Waals surface area contributed by atoms with Crippen molar-refractivity contribution >= 4 is 15.9 Å². The van der Waals surface area contributed by atoms with Crippen LogP contribution in [0.15, 0.2) is 59.1 Å². The van der Waals surface area contributed by atoms with E-state index in [2.05, 4.69) is 77.6 Å². The van der Waals surface area contributed by atoms with Gasteiger partial charge in [-0.2, -0.15) is 0 Å². The Bertz CT molecular complexity index is 616. The summed E-state index contributed by atoms with van der Waals surface area (Å²) in [7, 11) is 0. The summed E-state index contributed by atoms with van der Waals surface area (Å²) in [6, 6.07) is 19.1. The van der Waals surface area contributed by atoms with Crippen LogP contribution < -0.4 is 5.32 Å². The summed E-state index contributed by atoms with van der Waals surface area (Å²) >= 11 is 3.53. The predicted octanol–water partition coefficient (Wildman–Crippen LogP) is 4.41. The third-order valence-corrected chi connectivity index (χ3v) is 4.63. The molecule has 0 saturated carbocycles. The van der Waals surface area contributed by atoms with Crippen molar-refractivity contribution in [2.45, 2.75) is 31.5 Å². The lowest BCUT2D eigenvalue weighted by atomic mass is 9.88. The van der Waals surface area contributed by atoms with Gasteiger partial charge in [-0.3, -0.25) is 0 Å². The summed E-state index contributed by atoms with van der Waals surface area (Å²) in [5.41, 5.74) is 2.34. The van der Waals surface area contributed by atoms with E-state index < -0.39 is 0 Å². The van der Waals surface area contributed by atoms with E-state index in [0.717, 1.165) is 4.47 Å². The Morgan fingerprint density at radius 2 is 1.90 bits per heavy atom. The van der Waals surface area contributed by atoms with Gasteiger partial charge >= 0.3 is 0 Å². The van der Waals surface area contributed by atoms with E-state index in [1.807, 2.05) is 12.1 Å². The molecule has 3 unspecified atom stereocenters. The predicted molar refractivity (Wildman–Crippen MR) is 89.2 cm³/mol. The van der Waals surface area contributed by atoms with Crippen LogP contribution >= 0.6 is 15.9 Å². The number of rotatable bonds is 2.